The van der Waals surface area contributed by atoms with Crippen molar-refractivity contribution < 1.29 is 0 Å². The van der Waals surface area contributed by atoms with Gasteiger partial charge < -0.3 is 0 Å². The second-order valence-electron chi connectivity index (χ2n) is 14.1. The molecule has 3 heteroatoms. The molecule has 42 heavy (non-hydrogen) atoms. The summed E-state index contributed by atoms with van der Waals surface area (Å²) < 4.78 is 0. The van der Waals surface area contributed by atoms with Gasteiger partial charge >= 0.3 is 0 Å². The third-order valence-corrected chi connectivity index (χ3v) is 18.8. The molecule has 0 aromatic heterocycles. The highest BCUT2D eigenvalue weighted by atomic mass is 31.1. The molecule has 0 unspecified atom stereocenters. The Morgan fingerprint density at radius 1 is 0.357 bits per heavy atom. The van der Waals surface area contributed by atoms with Crippen molar-refractivity contribution in [1.29, 1.82) is 0 Å². The van der Waals surface area contributed by atoms with Gasteiger partial charge in [0.05, 0.1) is 0 Å². The zero-order chi connectivity index (χ0) is 30.0. The zero-order valence-electron chi connectivity index (χ0n) is 27.7. The molecule has 2 aliphatic carbocycles. The molecular weight excluding hydrogens is 561 g/mol. The van der Waals surface area contributed by atoms with E-state index in [4.69, 9.17) is 0 Å². The minimum Gasteiger partial charge on any atom is -0.0694 e. The van der Waals surface area contributed by atoms with Crippen LogP contribution in [-0.2, 0) is 25.7 Å². The van der Waals surface area contributed by atoms with Crippen LogP contribution in [0, 0.1) is 0 Å². The number of aryl methyl sites for hydroxylation is 4. The van der Waals surface area contributed by atoms with Crippen LogP contribution in [-0.4, -0.2) is 28.3 Å². The summed E-state index contributed by atoms with van der Waals surface area (Å²) in [6.45, 7) is 24.8. The van der Waals surface area contributed by atoms with Gasteiger partial charge in [0, 0.05) is 0 Å². The summed E-state index contributed by atoms with van der Waals surface area (Å²) in [7, 11) is -1.05. The summed E-state index contributed by atoms with van der Waals surface area (Å²) in [6.07, 6.45) is 4.81. The van der Waals surface area contributed by atoms with E-state index >= 15 is 0 Å². The summed E-state index contributed by atoms with van der Waals surface area (Å²) in [4.78, 5) is 0. The molecule has 222 valence electrons. The molecule has 0 heterocycles. The standard InChI is InChI=1S/C39H51P3/c1-23(2)40(24(3)4)32-19-15-28-11-13-30-17-21-34(38(32)36(28)30)42(27(9)10)35-22-18-31-14-12-29-16-20-33(39(35)37(29)31)41(25(5)6)26(7)8/h15-27H,11-14H2,1-10H3. The summed E-state index contributed by atoms with van der Waals surface area (Å²) in [5.74, 6) is 0. The van der Waals surface area contributed by atoms with Crippen molar-refractivity contribution in [3.05, 3.63) is 70.8 Å². The number of rotatable bonds is 9. The summed E-state index contributed by atoms with van der Waals surface area (Å²) in [5.41, 5.74) is 9.67. The first-order valence-electron chi connectivity index (χ1n) is 16.5. The van der Waals surface area contributed by atoms with Crippen molar-refractivity contribution in [3.63, 3.8) is 0 Å². The lowest BCUT2D eigenvalue weighted by molar-refractivity contribution is 1.02. The molecule has 0 amide bonds. The molecule has 0 N–H and O–H groups in total. The van der Waals surface area contributed by atoms with Crippen molar-refractivity contribution in [1.82, 2.24) is 0 Å². The first-order valence-corrected chi connectivity index (χ1v) is 20.9. The Labute approximate surface area is 259 Å². The topological polar surface area (TPSA) is 0 Å². The molecule has 0 bridgehead atoms. The minimum atomic E-state index is -0.542. The van der Waals surface area contributed by atoms with Gasteiger partial charge in [0.1, 0.15) is 0 Å². The average Bonchev–Trinajstić information content (AvgIpc) is 3.53. The molecule has 4 aromatic carbocycles. The Morgan fingerprint density at radius 3 is 0.905 bits per heavy atom. The van der Waals surface area contributed by atoms with Gasteiger partial charge in [-0.25, -0.2) is 0 Å². The van der Waals surface area contributed by atoms with Gasteiger partial charge in [-0.2, -0.15) is 0 Å². The fraction of sp³-hybridized carbons (Fsp3) is 0.487. The molecule has 2 aliphatic rings. The van der Waals surface area contributed by atoms with Crippen molar-refractivity contribution in [2.24, 2.45) is 0 Å². The van der Waals surface area contributed by atoms with Gasteiger partial charge in [0.2, 0.25) is 0 Å². The molecule has 0 radical (unpaired) electrons. The number of hydrogen-bond donors (Lipinski definition) is 0. The van der Waals surface area contributed by atoms with E-state index in [0.717, 1.165) is 0 Å². The molecule has 0 saturated carbocycles. The maximum atomic E-state index is 2.60. The SMILES string of the molecule is CC(C)P(c1ccc2c3c(ccc(P(C(C)C)C(C)C)c13)CC2)c1ccc2c3c(ccc(P(C(C)C)C(C)C)c13)CC2. The Balaban J connectivity index is 1.71. The van der Waals surface area contributed by atoms with E-state index in [1.54, 1.807) is 65.0 Å². The first kappa shape index (κ1) is 30.7. The van der Waals surface area contributed by atoms with E-state index in [1.165, 1.54) is 25.7 Å². The number of benzene rings is 4. The highest BCUT2D eigenvalue weighted by molar-refractivity contribution is 7.75. The van der Waals surface area contributed by atoms with E-state index in [2.05, 4.69) is 118 Å². The van der Waals surface area contributed by atoms with Crippen LogP contribution in [0.1, 0.15) is 91.5 Å². The van der Waals surface area contributed by atoms with Crippen molar-refractivity contribution in [2.75, 3.05) is 0 Å². The highest BCUT2D eigenvalue weighted by Gasteiger charge is 2.33. The van der Waals surface area contributed by atoms with Crippen LogP contribution in [0.15, 0.2) is 48.5 Å². The lowest BCUT2D eigenvalue weighted by atomic mass is 10.0. The molecule has 0 fully saturated rings. The quantitative estimate of drug-likeness (QED) is 0.165. The van der Waals surface area contributed by atoms with Crippen LogP contribution in [0.2, 0.25) is 0 Å². The molecule has 0 aliphatic heterocycles. The van der Waals surface area contributed by atoms with Crippen molar-refractivity contribution >= 4 is 66.5 Å². The lowest BCUT2D eigenvalue weighted by Crippen LogP contribution is -2.27. The largest absolute Gasteiger partial charge is 0.0694 e. The normalized spacial score (nSPS) is 14.8. The third-order valence-electron chi connectivity index (χ3n) is 9.72. The predicted molar refractivity (Wildman–Crippen MR) is 198 cm³/mol. The van der Waals surface area contributed by atoms with Gasteiger partial charge in [-0.1, -0.05) is 134 Å². The van der Waals surface area contributed by atoms with Gasteiger partial charge in [0.25, 0.3) is 0 Å². The van der Waals surface area contributed by atoms with E-state index in [1.807, 2.05) is 0 Å². The molecule has 0 nitrogen and oxygen atoms in total. The Morgan fingerprint density at radius 2 is 0.643 bits per heavy atom. The summed E-state index contributed by atoms with van der Waals surface area (Å²) >= 11 is 0. The number of hydrogen-bond acceptors (Lipinski definition) is 0. The van der Waals surface area contributed by atoms with E-state index in [9.17, 15) is 0 Å². The van der Waals surface area contributed by atoms with Crippen LogP contribution in [0.3, 0.4) is 0 Å². The average molecular weight is 613 g/mol. The van der Waals surface area contributed by atoms with Gasteiger partial charge in [-0.15, -0.1) is 0 Å². The van der Waals surface area contributed by atoms with E-state index in [0.29, 0.717) is 28.3 Å². The second-order valence-corrected chi connectivity index (χ2v) is 23.6. The van der Waals surface area contributed by atoms with Crippen LogP contribution in [0.4, 0.5) is 0 Å². The van der Waals surface area contributed by atoms with Crippen molar-refractivity contribution in [2.45, 2.75) is 123 Å². The van der Waals surface area contributed by atoms with Gasteiger partial charge in [-0.05, 0) is 127 Å². The molecule has 0 spiro atoms. The second kappa shape index (κ2) is 11.9. The molecule has 0 saturated heterocycles. The monoisotopic (exact) mass is 612 g/mol. The molecule has 4 aromatic rings. The summed E-state index contributed by atoms with van der Waals surface area (Å²) in [6, 6.07) is 20.4. The predicted octanol–water partition coefficient (Wildman–Crippen LogP) is 9.88. The fourth-order valence-electron chi connectivity index (χ4n) is 8.41. The van der Waals surface area contributed by atoms with Gasteiger partial charge in [-0.3, -0.25) is 0 Å². The van der Waals surface area contributed by atoms with Crippen LogP contribution < -0.4 is 21.2 Å². The van der Waals surface area contributed by atoms with Gasteiger partial charge in [0.15, 0.2) is 0 Å². The highest BCUT2D eigenvalue weighted by Crippen LogP contribution is 2.53. The maximum Gasteiger partial charge on any atom is -0.00208 e. The van der Waals surface area contributed by atoms with Crippen LogP contribution >= 0.6 is 23.8 Å². The molecule has 6 rings (SSSR count). The Kier molecular flexibility index (Phi) is 8.69. The maximum absolute atomic E-state index is 2.60. The molecular formula is C39H51P3. The van der Waals surface area contributed by atoms with Crippen molar-refractivity contribution in [3.8, 4) is 0 Å². The smallest absolute Gasteiger partial charge is 0.00208 e. The van der Waals surface area contributed by atoms with E-state index in [-0.39, 0.29) is 15.8 Å². The minimum absolute atomic E-state index is 0.255. The first-order chi connectivity index (χ1) is 20.0. The Hall–Kier alpha value is -1.31. The van der Waals surface area contributed by atoms with E-state index < -0.39 is 7.92 Å². The lowest BCUT2D eigenvalue weighted by Gasteiger charge is -2.33. The van der Waals surface area contributed by atoms with Crippen LogP contribution in [0.25, 0.3) is 21.5 Å². The third kappa shape index (κ3) is 5.01. The zero-order valence-corrected chi connectivity index (χ0v) is 30.4. The molecule has 0 atom stereocenters. The Bertz CT molecular complexity index is 1490. The fourth-order valence-corrected chi connectivity index (χ4v) is 17.5. The summed E-state index contributed by atoms with van der Waals surface area (Å²) in [5, 5.41) is 13.3. The van der Waals surface area contributed by atoms with Crippen LogP contribution in [0.5, 0.6) is 0 Å².